The van der Waals surface area contributed by atoms with E-state index in [2.05, 4.69) is 54.3 Å². The first kappa shape index (κ1) is 23.1. The van der Waals surface area contributed by atoms with E-state index in [1.165, 1.54) is 11.1 Å². The molecule has 2 heterocycles. The first-order valence-corrected chi connectivity index (χ1v) is 12.1. The van der Waals surface area contributed by atoms with Crippen molar-refractivity contribution >= 4 is 28.1 Å². The standard InChI is InChI=1S/C28H35N3O2/c1-4-5-16-33-24-9-6-22(7-10-24)28(32)30-23-8-11-27-25(17-23)26(18-29-27)21-12-14-31(15-13-21)19-20(2)3/h6-12,17-18,20,29H,4-5,13-16,19H2,1-3H3,(H,30,32). The van der Waals surface area contributed by atoms with E-state index < -0.39 is 0 Å². The van der Waals surface area contributed by atoms with E-state index in [0.29, 0.717) is 18.1 Å². The number of anilines is 1. The number of unbranched alkanes of at least 4 members (excludes halogenated alkanes) is 1. The number of carbonyl (C=O) groups is 1. The fourth-order valence-corrected chi connectivity index (χ4v) is 4.34. The number of aromatic amines is 1. The van der Waals surface area contributed by atoms with Crippen LogP contribution in [-0.4, -0.2) is 42.0 Å². The quantitative estimate of drug-likeness (QED) is 0.378. The first-order valence-electron chi connectivity index (χ1n) is 12.1. The van der Waals surface area contributed by atoms with Crippen molar-refractivity contribution in [2.24, 2.45) is 5.92 Å². The minimum Gasteiger partial charge on any atom is -0.494 e. The molecule has 1 aromatic heterocycles. The second kappa shape index (κ2) is 10.7. The van der Waals surface area contributed by atoms with Crippen LogP contribution in [0.4, 0.5) is 5.69 Å². The van der Waals surface area contributed by atoms with Crippen LogP contribution in [0.2, 0.25) is 0 Å². The summed E-state index contributed by atoms with van der Waals surface area (Å²) >= 11 is 0. The third kappa shape index (κ3) is 5.85. The van der Waals surface area contributed by atoms with E-state index in [0.717, 1.165) is 61.2 Å². The predicted octanol–water partition coefficient (Wildman–Crippen LogP) is 6.34. The number of H-pyrrole nitrogens is 1. The fourth-order valence-electron chi connectivity index (χ4n) is 4.34. The molecule has 0 spiro atoms. The van der Waals surface area contributed by atoms with Crippen molar-refractivity contribution in [3.8, 4) is 5.75 Å². The summed E-state index contributed by atoms with van der Waals surface area (Å²) in [5, 5.41) is 4.20. The molecule has 3 aromatic rings. The highest BCUT2D eigenvalue weighted by Gasteiger charge is 2.17. The predicted molar refractivity (Wildman–Crippen MR) is 137 cm³/mol. The highest BCUT2D eigenvalue weighted by atomic mass is 16.5. The molecular formula is C28H35N3O2. The lowest BCUT2D eigenvalue weighted by atomic mass is 9.98. The molecule has 1 amide bonds. The average Bonchev–Trinajstić information content (AvgIpc) is 3.23. The topological polar surface area (TPSA) is 57.4 Å². The Morgan fingerprint density at radius 1 is 1.18 bits per heavy atom. The van der Waals surface area contributed by atoms with Crippen molar-refractivity contribution < 1.29 is 9.53 Å². The van der Waals surface area contributed by atoms with Crippen LogP contribution < -0.4 is 10.1 Å². The van der Waals surface area contributed by atoms with Gasteiger partial charge in [0.15, 0.2) is 0 Å². The molecule has 1 aliphatic heterocycles. The van der Waals surface area contributed by atoms with Gasteiger partial charge in [0.2, 0.25) is 0 Å². The molecule has 5 heteroatoms. The number of hydrogen-bond donors (Lipinski definition) is 2. The second-order valence-corrected chi connectivity index (χ2v) is 9.28. The van der Waals surface area contributed by atoms with E-state index >= 15 is 0 Å². The highest BCUT2D eigenvalue weighted by molar-refractivity contribution is 6.05. The molecule has 33 heavy (non-hydrogen) atoms. The Hall–Kier alpha value is -3.05. The van der Waals surface area contributed by atoms with Gasteiger partial charge in [0.05, 0.1) is 6.61 Å². The van der Waals surface area contributed by atoms with Gasteiger partial charge in [-0.2, -0.15) is 0 Å². The Labute approximate surface area is 196 Å². The molecule has 0 saturated heterocycles. The smallest absolute Gasteiger partial charge is 0.255 e. The van der Waals surface area contributed by atoms with E-state index in [9.17, 15) is 4.79 Å². The zero-order valence-electron chi connectivity index (χ0n) is 20.0. The van der Waals surface area contributed by atoms with Crippen LogP contribution in [0.5, 0.6) is 5.75 Å². The van der Waals surface area contributed by atoms with Gasteiger partial charge in [-0.25, -0.2) is 0 Å². The molecule has 0 aliphatic carbocycles. The summed E-state index contributed by atoms with van der Waals surface area (Å²) in [5.41, 5.74) is 5.12. The number of nitrogens with zero attached hydrogens (tertiary/aromatic N) is 1. The van der Waals surface area contributed by atoms with Gasteiger partial charge in [0, 0.05) is 53.5 Å². The zero-order valence-corrected chi connectivity index (χ0v) is 20.0. The van der Waals surface area contributed by atoms with Gasteiger partial charge < -0.3 is 15.0 Å². The van der Waals surface area contributed by atoms with Gasteiger partial charge in [-0.1, -0.05) is 33.3 Å². The van der Waals surface area contributed by atoms with Crippen molar-refractivity contribution in [2.45, 2.75) is 40.0 Å². The number of carbonyl (C=O) groups excluding carboxylic acids is 1. The number of aromatic nitrogens is 1. The Bertz CT molecular complexity index is 1110. The molecule has 0 fully saturated rings. The molecule has 0 bridgehead atoms. The molecule has 0 unspecified atom stereocenters. The summed E-state index contributed by atoms with van der Waals surface area (Å²) in [7, 11) is 0. The largest absolute Gasteiger partial charge is 0.494 e. The summed E-state index contributed by atoms with van der Waals surface area (Å²) < 4.78 is 5.69. The molecule has 2 N–H and O–H groups in total. The number of amides is 1. The second-order valence-electron chi connectivity index (χ2n) is 9.28. The summed E-state index contributed by atoms with van der Waals surface area (Å²) in [5.74, 6) is 1.36. The van der Waals surface area contributed by atoms with Crippen LogP contribution in [0.1, 0.15) is 56.0 Å². The fraction of sp³-hybridized carbons (Fsp3) is 0.393. The van der Waals surface area contributed by atoms with Crippen molar-refractivity contribution in [2.75, 3.05) is 31.6 Å². The van der Waals surface area contributed by atoms with Gasteiger partial charge in [-0.3, -0.25) is 9.69 Å². The average molecular weight is 446 g/mol. The molecule has 1 aliphatic rings. The van der Waals surface area contributed by atoms with Crippen molar-refractivity contribution in [1.29, 1.82) is 0 Å². The molecule has 174 valence electrons. The van der Waals surface area contributed by atoms with Gasteiger partial charge in [-0.15, -0.1) is 0 Å². The van der Waals surface area contributed by atoms with E-state index in [1.807, 2.05) is 36.4 Å². The van der Waals surface area contributed by atoms with Crippen LogP contribution in [0.15, 0.2) is 54.7 Å². The van der Waals surface area contributed by atoms with Gasteiger partial charge >= 0.3 is 0 Å². The Kier molecular flexibility index (Phi) is 7.50. The monoisotopic (exact) mass is 445 g/mol. The lowest BCUT2D eigenvalue weighted by Crippen LogP contribution is -2.31. The Morgan fingerprint density at radius 3 is 2.70 bits per heavy atom. The lowest BCUT2D eigenvalue weighted by molar-refractivity contribution is 0.102. The van der Waals surface area contributed by atoms with Crippen molar-refractivity contribution in [1.82, 2.24) is 9.88 Å². The summed E-state index contributed by atoms with van der Waals surface area (Å²) in [4.78, 5) is 18.7. The summed E-state index contributed by atoms with van der Waals surface area (Å²) in [6.45, 7) is 10.6. The third-order valence-electron chi connectivity index (χ3n) is 6.09. The van der Waals surface area contributed by atoms with Gasteiger partial charge in [0.1, 0.15) is 5.75 Å². The summed E-state index contributed by atoms with van der Waals surface area (Å²) in [6.07, 6.45) is 7.62. The van der Waals surface area contributed by atoms with Crippen LogP contribution in [0, 0.1) is 5.92 Å². The maximum Gasteiger partial charge on any atom is 0.255 e. The number of rotatable bonds is 9. The number of hydrogen-bond acceptors (Lipinski definition) is 3. The lowest BCUT2D eigenvalue weighted by Gasteiger charge is -2.27. The maximum atomic E-state index is 12.8. The molecule has 4 rings (SSSR count). The van der Waals surface area contributed by atoms with Crippen LogP contribution >= 0.6 is 0 Å². The molecule has 0 radical (unpaired) electrons. The van der Waals surface area contributed by atoms with Crippen molar-refractivity contribution in [3.05, 3.63) is 65.9 Å². The first-order chi connectivity index (χ1) is 16.0. The molecule has 0 saturated carbocycles. The number of nitrogens with one attached hydrogen (secondary N) is 2. The Morgan fingerprint density at radius 2 is 2.00 bits per heavy atom. The zero-order chi connectivity index (χ0) is 23.2. The minimum atomic E-state index is -0.118. The molecule has 5 nitrogen and oxygen atoms in total. The molecule has 2 aromatic carbocycles. The van der Waals surface area contributed by atoms with Gasteiger partial charge in [0.25, 0.3) is 5.91 Å². The van der Waals surface area contributed by atoms with Crippen LogP contribution in [0.3, 0.4) is 0 Å². The van der Waals surface area contributed by atoms with E-state index in [4.69, 9.17) is 4.74 Å². The Balaban J connectivity index is 1.45. The summed E-state index contributed by atoms with van der Waals surface area (Å²) in [6, 6.07) is 13.4. The van der Waals surface area contributed by atoms with E-state index in [-0.39, 0.29) is 5.91 Å². The van der Waals surface area contributed by atoms with Crippen LogP contribution in [-0.2, 0) is 0 Å². The minimum absolute atomic E-state index is 0.118. The number of fused-ring (bicyclic) bond motifs is 1. The maximum absolute atomic E-state index is 12.8. The molecule has 0 atom stereocenters. The normalized spacial score (nSPS) is 14.5. The third-order valence-corrected chi connectivity index (χ3v) is 6.09. The number of ether oxygens (including phenoxy) is 1. The number of benzene rings is 2. The molecular weight excluding hydrogens is 410 g/mol. The highest BCUT2D eigenvalue weighted by Crippen LogP contribution is 2.31. The van der Waals surface area contributed by atoms with Crippen molar-refractivity contribution in [3.63, 3.8) is 0 Å². The SMILES string of the molecule is CCCCOc1ccc(C(=O)Nc2ccc3[nH]cc(C4=CCN(CC(C)C)CC4)c3c2)cc1. The van der Waals surface area contributed by atoms with E-state index in [1.54, 1.807) is 0 Å². The van der Waals surface area contributed by atoms with Crippen LogP contribution in [0.25, 0.3) is 16.5 Å². The van der Waals surface area contributed by atoms with Gasteiger partial charge in [-0.05, 0) is 66.8 Å².